The van der Waals surface area contributed by atoms with Crippen molar-refractivity contribution in [3.8, 4) is 11.9 Å². The number of nitrogens with zero attached hydrogens (tertiary/aromatic N) is 5. The summed E-state index contributed by atoms with van der Waals surface area (Å²) in [6, 6.07) is 6.80. The zero-order chi connectivity index (χ0) is 12.3. The van der Waals surface area contributed by atoms with Crippen LogP contribution >= 0.6 is 0 Å². The Balaban J connectivity index is 2.37. The first-order valence-electron chi connectivity index (χ1n) is 4.62. The number of methoxy groups -OCH3 is 1. The van der Waals surface area contributed by atoms with Crippen molar-refractivity contribution in [2.75, 3.05) is 7.11 Å². The maximum Gasteiger partial charge on any atom is 0.377 e. The molecule has 0 saturated carbocycles. The van der Waals surface area contributed by atoms with Gasteiger partial charge in [-0.2, -0.15) is 5.26 Å². The van der Waals surface area contributed by atoms with Crippen LogP contribution in [-0.4, -0.2) is 32.8 Å². The quantitative estimate of drug-likeness (QED) is 0.688. The third-order valence-corrected chi connectivity index (χ3v) is 1.94. The summed E-state index contributed by atoms with van der Waals surface area (Å²) in [6.07, 6.45) is 1.33. The SMILES string of the molecule is COC(=O)c1ncn(-c2cccc(C#N)n2)n1. The molecule has 0 fully saturated rings. The van der Waals surface area contributed by atoms with Crippen molar-refractivity contribution in [3.05, 3.63) is 36.0 Å². The molecule has 0 N–H and O–H groups in total. The Bertz CT molecular complexity index is 599. The number of esters is 1. The van der Waals surface area contributed by atoms with Crippen molar-refractivity contribution < 1.29 is 9.53 Å². The molecule has 0 aliphatic rings. The minimum absolute atomic E-state index is 0.0586. The molecule has 0 unspecified atom stereocenters. The Morgan fingerprint density at radius 3 is 3.06 bits per heavy atom. The van der Waals surface area contributed by atoms with Crippen molar-refractivity contribution in [3.63, 3.8) is 0 Å². The lowest BCUT2D eigenvalue weighted by molar-refractivity contribution is 0.0587. The normalized spacial score (nSPS) is 9.65. The zero-order valence-corrected chi connectivity index (χ0v) is 8.86. The van der Waals surface area contributed by atoms with Gasteiger partial charge in [-0.1, -0.05) is 6.07 Å². The van der Waals surface area contributed by atoms with Crippen LogP contribution in [0.15, 0.2) is 24.5 Å². The molecule has 0 bridgehead atoms. The van der Waals surface area contributed by atoms with Crippen LogP contribution < -0.4 is 0 Å². The largest absolute Gasteiger partial charge is 0.463 e. The van der Waals surface area contributed by atoms with Gasteiger partial charge in [0.15, 0.2) is 5.82 Å². The lowest BCUT2D eigenvalue weighted by Gasteiger charge is -1.98. The average molecular weight is 229 g/mol. The summed E-state index contributed by atoms with van der Waals surface area (Å²) in [5.41, 5.74) is 0.262. The number of pyridine rings is 1. The fraction of sp³-hybridized carbons (Fsp3) is 0.100. The van der Waals surface area contributed by atoms with Crippen LogP contribution in [0.25, 0.3) is 5.82 Å². The van der Waals surface area contributed by atoms with E-state index >= 15 is 0 Å². The summed E-state index contributed by atoms with van der Waals surface area (Å²) in [4.78, 5) is 18.9. The predicted molar refractivity (Wildman–Crippen MR) is 55.2 cm³/mol. The zero-order valence-electron chi connectivity index (χ0n) is 8.86. The van der Waals surface area contributed by atoms with Crippen molar-refractivity contribution in [2.45, 2.75) is 0 Å². The minimum Gasteiger partial charge on any atom is -0.463 e. The maximum atomic E-state index is 11.1. The third-order valence-electron chi connectivity index (χ3n) is 1.94. The second-order valence-electron chi connectivity index (χ2n) is 3.00. The number of carbonyl (C=O) groups is 1. The Kier molecular flexibility index (Phi) is 2.79. The molecule has 0 saturated heterocycles. The highest BCUT2D eigenvalue weighted by Crippen LogP contribution is 2.04. The second-order valence-corrected chi connectivity index (χ2v) is 3.00. The van der Waals surface area contributed by atoms with Gasteiger partial charge in [-0.25, -0.2) is 19.4 Å². The van der Waals surface area contributed by atoms with Crippen molar-refractivity contribution in [1.82, 2.24) is 19.7 Å². The van der Waals surface area contributed by atoms with E-state index in [2.05, 4.69) is 19.8 Å². The molecule has 0 spiro atoms. The summed E-state index contributed by atoms with van der Waals surface area (Å²) in [5, 5.41) is 12.6. The number of hydrogen-bond donors (Lipinski definition) is 0. The Hall–Kier alpha value is -2.75. The summed E-state index contributed by atoms with van der Waals surface area (Å²) < 4.78 is 5.78. The van der Waals surface area contributed by atoms with Gasteiger partial charge in [0.1, 0.15) is 18.1 Å². The number of carbonyl (C=O) groups excluding carboxylic acids is 1. The second kappa shape index (κ2) is 4.40. The summed E-state index contributed by atoms with van der Waals surface area (Å²) in [5.74, 6) is -0.274. The monoisotopic (exact) mass is 229 g/mol. The molecule has 0 radical (unpaired) electrons. The first kappa shape index (κ1) is 10.8. The van der Waals surface area contributed by atoms with Gasteiger partial charge in [0.05, 0.1) is 7.11 Å². The van der Waals surface area contributed by atoms with Gasteiger partial charge in [-0.15, -0.1) is 5.10 Å². The highest BCUT2D eigenvalue weighted by molar-refractivity contribution is 5.84. The standard InChI is InChI=1S/C10H7N5O2/c1-17-10(16)9-12-6-15(14-9)8-4-2-3-7(5-11)13-8/h2-4,6H,1H3. The Morgan fingerprint density at radius 2 is 2.35 bits per heavy atom. The average Bonchev–Trinajstić information content (AvgIpc) is 2.87. The molecule has 0 atom stereocenters. The predicted octanol–water partition coefficient (Wildman–Crippen LogP) is 0.321. The van der Waals surface area contributed by atoms with E-state index in [0.717, 1.165) is 0 Å². The lowest BCUT2D eigenvalue weighted by Crippen LogP contribution is -2.06. The highest BCUT2D eigenvalue weighted by Gasteiger charge is 2.12. The summed E-state index contributed by atoms with van der Waals surface area (Å²) >= 11 is 0. The van der Waals surface area contributed by atoms with Gasteiger partial charge >= 0.3 is 5.97 Å². The van der Waals surface area contributed by atoms with Crippen LogP contribution in [0.4, 0.5) is 0 Å². The number of ether oxygens (including phenoxy) is 1. The molecule has 84 valence electrons. The van der Waals surface area contributed by atoms with Gasteiger partial charge in [-0.05, 0) is 12.1 Å². The van der Waals surface area contributed by atoms with Crippen LogP contribution in [0.1, 0.15) is 16.3 Å². The summed E-state index contributed by atoms with van der Waals surface area (Å²) in [6.45, 7) is 0. The Morgan fingerprint density at radius 1 is 1.53 bits per heavy atom. The number of nitriles is 1. The van der Waals surface area contributed by atoms with Gasteiger partial charge in [0, 0.05) is 0 Å². The van der Waals surface area contributed by atoms with Crippen molar-refractivity contribution in [1.29, 1.82) is 5.26 Å². The van der Waals surface area contributed by atoms with E-state index in [1.54, 1.807) is 18.2 Å². The Labute approximate surface area is 96.3 Å². The fourth-order valence-corrected chi connectivity index (χ4v) is 1.17. The van der Waals surface area contributed by atoms with E-state index in [1.165, 1.54) is 18.1 Å². The van der Waals surface area contributed by atoms with Crippen LogP contribution in [0.3, 0.4) is 0 Å². The molecular formula is C10H7N5O2. The first-order valence-corrected chi connectivity index (χ1v) is 4.62. The van der Waals surface area contributed by atoms with E-state index in [1.807, 2.05) is 6.07 Å². The van der Waals surface area contributed by atoms with Crippen molar-refractivity contribution >= 4 is 5.97 Å². The fourth-order valence-electron chi connectivity index (χ4n) is 1.17. The number of aromatic nitrogens is 4. The van der Waals surface area contributed by atoms with E-state index in [0.29, 0.717) is 5.82 Å². The van der Waals surface area contributed by atoms with Crippen LogP contribution in [0, 0.1) is 11.3 Å². The lowest BCUT2D eigenvalue weighted by atomic mass is 10.4. The summed E-state index contributed by atoms with van der Waals surface area (Å²) in [7, 11) is 1.25. The molecule has 0 aromatic carbocycles. The topological polar surface area (TPSA) is 93.7 Å². The molecule has 7 nitrogen and oxygen atoms in total. The molecule has 2 rings (SSSR count). The van der Waals surface area contributed by atoms with Gasteiger partial charge in [0.25, 0.3) is 5.82 Å². The molecule has 0 amide bonds. The smallest absolute Gasteiger partial charge is 0.377 e. The van der Waals surface area contributed by atoms with Crippen LogP contribution in [0.5, 0.6) is 0 Å². The van der Waals surface area contributed by atoms with Gasteiger partial charge in [-0.3, -0.25) is 0 Å². The maximum absolute atomic E-state index is 11.1. The number of rotatable bonds is 2. The molecule has 2 aromatic rings. The minimum atomic E-state index is -0.625. The van der Waals surface area contributed by atoms with Crippen LogP contribution in [0.2, 0.25) is 0 Å². The molecule has 7 heteroatoms. The van der Waals surface area contributed by atoms with Gasteiger partial charge < -0.3 is 4.74 Å². The molecule has 0 aliphatic carbocycles. The van der Waals surface area contributed by atoms with E-state index < -0.39 is 5.97 Å². The molecule has 2 aromatic heterocycles. The van der Waals surface area contributed by atoms with Gasteiger partial charge in [0.2, 0.25) is 0 Å². The van der Waals surface area contributed by atoms with Crippen molar-refractivity contribution in [2.24, 2.45) is 0 Å². The number of hydrogen-bond acceptors (Lipinski definition) is 6. The molecule has 2 heterocycles. The first-order chi connectivity index (χ1) is 8.24. The molecular weight excluding hydrogens is 222 g/mol. The van der Waals surface area contributed by atoms with E-state index in [9.17, 15) is 4.79 Å². The third kappa shape index (κ3) is 2.10. The van der Waals surface area contributed by atoms with Crippen LogP contribution in [-0.2, 0) is 4.74 Å². The highest BCUT2D eigenvalue weighted by atomic mass is 16.5. The molecule has 0 aliphatic heterocycles. The molecule has 17 heavy (non-hydrogen) atoms. The van der Waals surface area contributed by atoms with E-state index in [-0.39, 0.29) is 11.5 Å². The van der Waals surface area contributed by atoms with E-state index in [4.69, 9.17) is 5.26 Å².